The lowest BCUT2D eigenvalue weighted by molar-refractivity contribution is -0.140. The zero-order chi connectivity index (χ0) is 21.3. The standard InChI is InChI=1S/C22H20BrNO6/c1-28-9-8-24-19(13-2-5-15(23)6-3-13)18(21(26)22(24)27)20(25)14-4-7-16-17(12-14)30-11-10-29-16/h2-7,12,19,25H,8-11H2,1H3/b20-18+. The van der Waals surface area contributed by atoms with E-state index < -0.39 is 17.7 Å². The number of hydrogen-bond acceptors (Lipinski definition) is 6. The first-order valence-electron chi connectivity index (χ1n) is 9.44. The minimum atomic E-state index is -0.730. The smallest absolute Gasteiger partial charge is 0.295 e. The minimum absolute atomic E-state index is 0.0371. The first-order chi connectivity index (χ1) is 14.5. The molecule has 1 fully saturated rings. The molecule has 1 unspecified atom stereocenters. The molecule has 30 heavy (non-hydrogen) atoms. The summed E-state index contributed by atoms with van der Waals surface area (Å²) in [5.41, 5.74) is 1.13. The lowest BCUT2D eigenvalue weighted by Gasteiger charge is -2.25. The van der Waals surface area contributed by atoms with Gasteiger partial charge in [0.05, 0.1) is 18.2 Å². The Kier molecular flexibility index (Phi) is 5.78. The van der Waals surface area contributed by atoms with E-state index in [1.807, 2.05) is 24.3 Å². The van der Waals surface area contributed by atoms with Gasteiger partial charge in [-0.05, 0) is 35.9 Å². The molecule has 0 aliphatic carbocycles. The third-order valence-corrected chi connectivity index (χ3v) is 5.61. The van der Waals surface area contributed by atoms with Crippen LogP contribution in [0.4, 0.5) is 0 Å². The number of carbonyl (C=O) groups is 2. The summed E-state index contributed by atoms with van der Waals surface area (Å²) in [7, 11) is 1.53. The van der Waals surface area contributed by atoms with E-state index >= 15 is 0 Å². The van der Waals surface area contributed by atoms with Crippen LogP contribution in [-0.4, -0.2) is 55.2 Å². The third kappa shape index (κ3) is 3.68. The summed E-state index contributed by atoms with van der Waals surface area (Å²) < 4.78 is 17.1. The molecule has 1 atom stereocenters. The number of likely N-dealkylation sites (tertiary alicyclic amines) is 1. The van der Waals surface area contributed by atoms with Crippen LogP contribution in [0, 0.1) is 0 Å². The molecular formula is C22H20BrNO6. The summed E-state index contributed by atoms with van der Waals surface area (Å²) in [4.78, 5) is 27.1. The van der Waals surface area contributed by atoms with Crippen LogP contribution in [0.25, 0.3) is 5.76 Å². The van der Waals surface area contributed by atoms with Crippen LogP contribution < -0.4 is 9.47 Å². The second kappa shape index (κ2) is 8.49. The molecule has 1 saturated heterocycles. The van der Waals surface area contributed by atoms with Crippen molar-refractivity contribution < 1.29 is 28.9 Å². The molecule has 8 heteroatoms. The number of rotatable bonds is 5. The van der Waals surface area contributed by atoms with Gasteiger partial charge in [0, 0.05) is 23.7 Å². The highest BCUT2D eigenvalue weighted by Gasteiger charge is 2.45. The number of methoxy groups -OCH3 is 1. The van der Waals surface area contributed by atoms with Gasteiger partial charge < -0.3 is 24.2 Å². The number of nitrogens with zero attached hydrogens (tertiary/aromatic N) is 1. The van der Waals surface area contributed by atoms with Gasteiger partial charge in [0.15, 0.2) is 11.5 Å². The van der Waals surface area contributed by atoms with Crippen molar-refractivity contribution in [3.05, 3.63) is 63.6 Å². The molecule has 0 radical (unpaired) electrons. The van der Waals surface area contributed by atoms with E-state index in [1.165, 1.54) is 12.0 Å². The second-order valence-electron chi connectivity index (χ2n) is 6.90. The summed E-state index contributed by atoms with van der Waals surface area (Å²) in [5.74, 6) is -0.592. The molecule has 0 aromatic heterocycles. The second-order valence-corrected chi connectivity index (χ2v) is 7.81. The molecule has 2 aromatic carbocycles. The maximum absolute atomic E-state index is 12.9. The molecule has 0 spiro atoms. The van der Waals surface area contributed by atoms with Crippen LogP contribution in [-0.2, 0) is 14.3 Å². The van der Waals surface area contributed by atoms with E-state index in [0.717, 1.165) is 4.47 Å². The number of aliphatic hydroxyl groups is 1. The summed E-state index contributed by atoms with van der Waals surface area (Å²) in [6, 6.07) is 11.5. The van der Waals surface area contributed by atoms with Gasteiger partial charge in [-0.1, -0.05) is 28.1 Å². The van der Waals surface area contributed by atoms with Crippen molar-refractivity contribution in [1.82, 2.24) is 4.90 Å². The number of benzene rings is 2. The van der Waals surface area contributed by atoms with Crippen molar-refractivity contribution >= 4 is 33.4 Å². The average molecular weight is 474 g/mol. The number of carbonyl (C=O) groups excluding carboxylic acids is 2. The fraction of sp³-hybridized carbons (Fsp3) is 0.273. The molecule has 156 valence electrons. The first-order valence-corrected chi connectivity index (χ1v) is 10.2. The zero-order valence-electron chi connectivity index (χ0n) is 16.3. The number of fused-ring (bicyclic) bond motifs is 1. The van der Waals surface area contributed by atoms with Crippen molar-refractivity contribution in [2.75, 3.05) is 33.5 Å². The Morgan fingerprint density at radius 2 is 1.83 bits per heavy atom. The summed E-state index contributed by atoms with van der Waals surface area (Å²) in [6.07, 6.45) is 0. The summed E-state index contributed by atoms with van der Waals surface area (Å²) in [6.45, 7) is 1.34. The van der Waals surface area contributed by atoms with Crippen molar-refractivity contribution in [2.45, 2.75) is 6.04 Å². The molecule has 0 saturated carbocycles. The Hall–Kier alpha value is -2.84. The molecule has 1 amide bonds. The predicted octanol–water partition coefficient (Wildman–Crippen LogP) is 3.29. The molecule has 4 rings (SSSR count). The van der Waals surface area contributed by atoms with Gasteiger partial charge in [-0.15, -0.1) is 0 Å². The average Bonchev–Trinajstić information content (AvgIpc) is 3.02. The number of ketones is 1. The molecule has 2 aromatic rings. The number of hydrogen-bond donors (Lipinski definition) is 1. The first kappa shape index (κ1) is 20.4. The molecule has 2 aliphatic rings. The zero-order valence-corrected chi connectivity index (χ0v) is 17.8. The topological polar surface area (TPSA) is 85.3 Å². The minimum Gasteiger partial charge on any atom is -0.507 e. The van der Waals surface area contributed by atoms with Crippen LogP contribution >= 0.6 is 15.9 Å². The van der Waals surface area contributed by atoms with Gasteiger partial charge in [-0.2, -0.15) is 0 Å². The lowest BCUT2D eigenvalue weighted by Crippen LogP contribution is -2.32. The van der Waals surface area contributed by atoms with Gasteiger partial charge in [0.25, 0.3) is 11.7 Å². The van der Waals surface area contributed by atoms with Gasteiger partial charge in [-0.3, -0.25) is 9.59 Å². The number of halogens is 1. The van der Waals surface area contributed by atoms with Crippen LogP contribution in [0.3, 0.4) is 0 Å². The fourth-order valence-corrected chi connectivity index (χ4v) is 3.90. The van der Waals surface area contributed by atoms with E-state index in [-0.39, 0.29) is 24.5 Å². The SMILES string of the molecule is COCCN1C(=O)C(=O)/C(=C(/O)c2ccc3c(c2)OCCO3)C1c1ccc(Br)cc1. The molecule has 2 aliphatic heterocycles. The van der Waals surface area contributed by atoms with Crippen LogP contribution in [0.5, 0.6) is 11.5 Å². The van der Waals surface area contributed by atoms with E-state index in [0.29, 0.717) is 35.8 Å². The summed E-state index contributed by atoms with van der Waals surface area (Å²) in [5, 5.41) is 11.1. The van der Waals surface area contributed by atoms with Gasteiger partial charge in [0.1, 0.15) is 19.0 Å². The highest BCUT2D eigenvalue weighted by atomic mass is 79.9. The highest BCUT2D eigenvalue weighted by Crippen LogP contribution is 2.41. The maximum atomic E-state index is 12.9. The molecule has 0 bridgehead atoms. The van der Waals surface area contributed by atoms with Crippen LogP contribution in [0.15, 0.2) is 52.5 Å². The van der Waals surface area contributed by atoms with Crippen molar-refractivity contribution in [2.24, 2.45) is 0 Å². The van der Waals surface area contributed by atoms with Crippen molar-refractivity contribution in [3.8, 4) is 11.5 Å². The number of amides is 1. The maximum Gasteiger partial charge on any atom is 0.295 e. The predicted molar refractivity (Wildman–Crippen MR) is 112 cm³/mol. The van der Waals surface area contributed by atoms with Crippen LogP contribution in [0.1, 0.15) is 17.2 Å². The van der Waals surface area contributed by atoms with E-state index in [1.54, 1.807) is 18.2 Å². The Morgan fingerprint density at radius 3 is 2.53 bits per heavy atom. The normalized spacial score (nSPS) is 19.9. The number of ether oxygens (including phenoxy) is 3. The Morgan fingerprint density at radius 1 is 1.13 bits per heavy atom. The largest absolute Gasteiger partial charge is 0.507 e. The van der Waals surface area contributed by atoms with Crippen molar-refractivity contribution in [1.29, 1.82) is 0 Å². The van der Waals surface area contributed by atoms with E-state index in [9.17, 15) is 14.7 Å². The molecule has 2 heterocycles. The molecular weight excluding hydrogens is 454 g/mol. The molecule has 7 nitrogen and oxygen atoms in total. The Labute approximate surface area is 182 Å². The third-order valence-electron chi connectivity index (χ3n) is 5.08. The van der Waals surface area contributed by atoms with Crippen molar-refractivity contribution in [3.63, 3.8) is 0 Å². The van der Waals surface area contributed by atoms with Gasteiger partial charge in [-0.25, -0.2) is 0 Å². The Bertz CT molecular complexity index is 1020. The molecule has 1 N–H and O–H groups in total. The van der Waals surface area contributed by atoms with Gasteiger partial charge in [0.2, 0.25) is 0 Å². The Balaban J connectivity index is 1.82. The van der Waals surface area contributed by atoms with E-state index in [2.05, 4.69) is 15.9 Å². The number of aliphatic hydroxyl groups excluding tert-OH is 1. The highest BCUT2D eigenvalue weighted by molar-refractivity contribution is 9.10. The monoisotopic (exact) mass is 473 g/mol. The lowest BCUT2D eigenvalue weighted by atomic mass is 9.95. The van der Waals surface area contributed by atoms with E-state index in [4.69, 9.17) is 14.2 Å². The fourth-order valence-electron chi connectivity index (χ4n) is 3.64. The quantitative estimate of drug-likeness (QED) is 0.407. The number of Topliss-reactive ketones (excluding diaryl/α,β-unsaturated/α-hetero) is 1. The summed E-state index contributed by atoms with van der Waals surface area (Å²) >= 11 is 3.40. The van der Waals surface area contributed by atoms with Crippen LogP contribution in [0.2, 0.25) is 0 Å². The van der Waals surface area contributed by atoms with Gasteiger partial charge >= 0.3 is 0 Å².